The highest BCUT2D eigenvalue weighted by atomic mass is 32.2. The SMILES string of the molecule is CCCCSc1nnc2c(n1)OC(c1ccccc1C#N)N(C(C)=O)c1ccccc1-2. The summed E-state index contributed by atoms with van der Waals surface area (Å²) in [5.41, 5.74) is 2.82. The molecule has 1 aromatic heterocycles. The minimum Gasteiger partial charge on any atom is -0.447 e. The summed E-state index contributed by atoms with van der Waals surface area (Å²) in [7, 11) is 0. The summed E-state index contributed by atoms with van der Waals surface area (Å²) in [4.78, 5) is 18.9. The van der Waals surface area contributed by atoms with Crippen molar-refractivity contribution in [3.63, 3.8) is 0 Å². The van der Waals surface area contributed by atoms with Crippen molar-refractivity contribution >= 4 is 23.4 Å². The average molecular weight is 432 g/mol. The van der Waals surface area contributed by atoms with E-state index in [0.29, 0.717) is 39.1 Å². The molecule has 1 amide bonds. The van der Waals surface area contributed by atoms with E-state index in [1.165, 1.54) is 18.7 Å². The van der Waals surface area contributed by atoms with E-state index in [1.807, 2.05) is 30.3 Å². The highest BCUT2D eigenvalue weighted by Crippen LogP contribution is 2.43. The highest BCUT2D eigenvalue weighted by molar-refractivity contribution is 7.99. The number of aromatic nitrogens is 3. The number of carbonyl (C=O) groups is 1. The summed E-state index contributed by atoms with van der Waals surface area (Å²) in [6.45, 7) is 3.60. The van der Waals surface area contributed by atoms with Crippen LogP contribution in [0, 0.1) is 11.3 Å². The zero-order valence-corrected chi connectivity index (χ0v) is 18.1. The van der Waals surface area contributed by atoms with E-state index in [9.17, 15) is 10.1 Å². The Labute approximate surface area is 185 Å². The largest absolute Gasteiger partial charge is 0.447 e. The van der Waals surface area contributed by atoms with Crippen LogP contribution in [0.25, 0.3) is 11.3 Å². The van der Waals surface area contributed by atoms with Crippen LogP contribution in [0.1, 0.15) is 44.0 Å². The van der Waals surface area contributed by atoms with Gasteiger partial charge >= 0.3 is 0 Å². The summed E-state index contributed by atoms with van der Waals surface area (Å²) in [5.74, 6) is 0.958. The van der Waals surface area contributed by atoms with Gasteiger partial charge in [0.2, 0.25) is 23.2 Å². The molecule has 8 heteroatoms. The van der Waals surface area contributed by atoms with Gasteiger partial charge < -0.3 is 4.74 Å². The molecule has 1 atom stereocenters. The molecule has 31 heavy (non-hydrogen) atoms. The van der Waals surface area contributed by atoms with Gasteiger partial charge in [-0.15, -0.1) is 10.2 Å². The molecule has 0 saturated heterocycles. The molecular formula is C23H21N5O2S. The zero-order valence-electron chi connectivity index (χ0n) is 17.3. The van der Waals surface area contributed by atoms with Crippen molar-refractivity contribution in [3.05, 3.63) is 59.7 Å². The summed E-state index contributed by atoms with van der Waals surface area (Å²) in [6.07, 6.45) is 1.27. The number of amides is 1. The van der Waals surface area contributed by atoms with Gasteiger partial charge in [-0.1, -0.05) is 61.5 Å². The number of nitriles is 1. The van der Waals surface area contributed by atoms with Crippen molar-refractivity contribution in [1.82, 2.24) is 15.2 Å². The lowest BCUT2D eigenvalue weighted by Gasteiger charge is -2.30. The Hall–Kier alpha value is -3.44. The topological polar surface area (TPSA) is 92.0 Å². The summed E-state index contributed by atoms with van der Waals surface area (Å²) in [5, 5.41) is 18.8. The fourth-order valence-corrected chi connectivity index (χ4v) is 4.30. The first-order valence-corrected chi connectivity index (χ1v) is 11.0. The van der Waals surface area contributed by atoms with Crippen molar-refractivity contribution < 1.29 is 9.53 Å². The maximum Gasteiger partial charge on any atom is 0.247 e. The lowest BCUT2D eigenvalue weighted by atomic mass is 10.0. The Morgan fingerprint density at radius 1 is 1.19 bits per heavy atom. The number of unbranched alkanes of at least 4 members (excludes halogenated alkanes) is 1. The molecule has 0 spiro atoms. The van der Waals surface area contributed by atoms with Gasteiger partial charge in [0.25, 0.3) is 0 Å². The first-order valence-electron chi connectivity index (χ1n) is 10.1. The molecule has 3 aromatic rings. The summed E-state index contributed by atoms with van der Waals surface area (Å²) >= 11 is 1.52. The molecular weight excluding hydrogens is 410 g/mol. The second-order valence-electron chi connectivity index (χ2n) is 7.03. The molecule has 0 radical (unpaired) electrons. The number of hydrogen-bond donors (Lipinski definition) is 0. The Kier molecular flexibility index (Phi) is 6.14. The summed E-state index contributed by atoms with van der Waals surface area (Å²) in [6, 6.07) is 16.7. The van der Waals surface area contributed by atoms with E-state index in [2.05, 4.69) is 28.2 Å². The predicted molar refractivity (Wildman–Crippen MR) is 119 cm³/mol. The smallest absolute Gasteiger partial charge is 0.247 e. The number of fused-ring (bicyclic) bond motifs is 3. The molecule has 2 heterocycles. The first-order chi connectivity index (χ1) is 15.1. The van der Waals surface area contributed by atoms with Crippen LogP contribution < -0.4 is 9.64 Å². The van der Waals surface area contributed by atoms with E-state index in [0.717, 1.165) is 18.6 Å². The van der Waals surface area contributed by atoms with E-state index < -0.39 is 6.23 Å². The van der Waals surface area contributed by atoms with Crippen LogP contribution in [0.4, 0.5) is 5.69 Å². The van der Waals surface area contributed by atoms with E-state index >= 15 is 0 Å². The number of ether oxygens (including phenoxy) is 1. The number of carbonyl (C=O) groups excluding carboxylic acids is 1. The van der Waals surface area contributed by atoms with Gasteiger partial charge in [0.15, 0.2) is 5.69 Å². The molecule has 4 rings (SSSR count). The van der Waals surface area contributed by atoms with E-state index in [4.69, 9.17) is 4.74 Å². The molecule has 0 bridgehead atoms. The van der Waals surface area contributed by atoms with Crippen LogP contribution in [0.2, 0.25) is 0 Å². The van der Waals surface area contributed by atoms with Crippen LogP contribution in [-0.2, 0) is 4.79 Å². The van der Waals surface area contributed by atoms with Crippen LogP contribution in [0.15, 0.2) is 53.7 Å². The third-order valence-electron chi connectivity index (χ3n) is 4.93. The number of para-hydroxylation sites is 1. The maximum atomic E-state index is 12.8. The van der Waals surface area contributed by atoms with Crippen molar-refractivity contribution in [2.45, 2.75) is 38.1 Å². The van der Waals surface area contributed by atoms with Gasteiger partial charge in [-0.05, 0) is 18.6 Å². The molecule has 1 aliphatic rings. The van der Waals surface area contributed by atoms with Gasteiger partial charge in [-0.3, -0.25) is 9.69 Å². The molecule has 7 nitrogen and oxygen atoms in total. The third-order valence-corrected chi connectivity index (χ3v) is 5.85. The highest BCUT2D eigenvalue weighted by Gasteiger charge is 2.35. The monoisotopic (exact) mass is 431 g/mol. The third kappa shape index (κ3) is 4.09. The van der Waals surface area contributed by atoms with Crippen LogP contribution in [0.5, 0.6) is 5.88 Å². The first kappa shape index (κ1) is 20.8. The van der Waals surface area contributed by atoms with E-state index in [-0.39, 0.29) is 5.91 Å². The molecule has 0 N–H and O–H groups in total. The quantitative estimate of drug-likeness (QED) is 0.425. The summed E-state index contributed by atoms with van der Waals surface area (Å²) < 4.78 is 6.32. The number of anilines is 1. The normalized spacial score (nSPS) is 14.6. The second kappa shape index (κ2) is 9.14. The number of benzene rings is 2. The minimum absolute atomic E-state index is 0.219. The molecule has 156 valence electrons. The zero-order chi connectivity index (χ0) is 21.8. The fourth-order valence-electron chi connectivity index (χ4n) is 3.44. The number of nitrogens with zero attached hydrogens (tertiary/aromatic N) is 5. The van der Waals surface area contributed by atoms with Crippen molar-refractivity contribution in [2.75, 3.05) is 10.7 Å². The fraction of sp³-hybridized carbons (Fsp3) is 0.261. The van der Waals surface area contributed by atoms with Crippen molar-refractivity contribution in [3.8, 4) is 23.2 Å². The van der Waals surface area contributed by atoms with Crippen LogP contribution in [0.3, 0.4) is 0 Å². The number of hydrogen-bond acceptors (Lipinski definition) is 7. The predicted octanol–water partition coefficient (Wildman–Crippen LogP) is 4.75. The van der Waals surface area contributed by atoms with Crippen molar-refractivity contribution in [1.29, 1.82) is 5.26 Å². The molecule has 2 aromatic carbocycles. The molecule has 0 saturated carbocycles. The van der Waals surface area contributed by atoms with Crippen LogP contribution >= 0.6 is 11.8 Å². The molecule has 1 aliphatic heterocycles. The van der Waals surface area contributed by atoms with Gasteiger partial charge in [-0.2, -0.15) is 10.2 Å². The Morgan fingerprint density at radius 3 is 2.74 bits per heavy atom. The lowest BCUT2D eigenvalue weighted by molar-refractivity contribution is -0.118. The molecule has 0 fully saturated rings. The van der Waals surface area contributed by atoms with Crippen molar-refractivity contribution in [2.24, 2.45) is 0 Å². The van der Waals surface area contributed by atoms with Gasteiger partial charge in [0.1, 0.15) is 0 Å². The number of rotatable bonds is 5. The molecule has 0 aliphatic carbocycles. The van der Waals surface area contributed by atoms with Gasteiger partial charge in [0.05, 0.1) is 17.3 Å². The second-order valence-corrected chi connectivity index (χ2v) is 8.09. The standard InChI is InChI=1S/C23H21N5O2S/c1-3-4-13-31-23-25-21-20(26-27-23)18-11-7-8-12-19(18)28(15(2)29)22(30-21)17-10-6-5-9-16(17)14-24/h5-12,22H,3-4,13H2,1-2H3. The Balaban J connectivity index is 1.89. The minimum atomic E-state index is -0.860. The average Bonchev–Trinajstić information content (AvgIpc) is 2.93. The lowest BCUT2D eigenvalue weighted by Crippen LogP contribution is -2.36. The molecule has 1 unspecified atom stereocenters. The maximum absolute atomic E-state index is 12.8. The Bertz CT molecular complexity index is 1160. The van der Waals surface area contributed by atoms with Gasteiger partial charge in [0, 0.05) is 23.8 Å². The van der Waals surface area contributed by atoms with E-state index in [1.54, 1.807) is 23.1 Å². The number of thioether (sulfide) groups is 1. The Morgan fingerprint density at radius 2 is 1.97 bits per heavy atom. The van der Waals surface area contributed by atoms with Crippen LogP contribution in [-0.4, -0.2) is 26.8 Å². The van der Waals surface area contributed by atoms with Gasteiger partial charge in [-0.25, -0.2) is 0 Å².